The molecule has 0 radical (unpaired) electrons. The van der Waals surface area contributed by atoms with E-state index in [2.05, 4.69) is 10.2 Å². The summed E-state index contributed by atoms with van der Waals surface area (Å²) >= 11 is 0. The number of nitrogens with zero attached hydrogens (tertiary/aromatic N) is 2. The smallest absolute Gasteiger partial charge is 0.255 e. The van der Waals surface area contributed by atoms with E-state index in [0.717, 1.165) is 11.1 Å². The molecule has 0 bridgehead atoms. The van der Waals surface area contributed by atoms with Crippen molar-refractivity contribution in [1.29, 1.82) is 0 Å². The van der Waals surface area contributed by atoms with Crippen LogP contribution < -0.4 is 11.1 Å². The number of carbonyl (C=O) groups excluding carboxylic acids is 3. The molecule has 4 N–H and O–H groups in total. The average Bonchev–Trinajstić information content (AvgIpc) is 2.91. The summed E-state index contributed by atoms with van der Waals surface area (Å²) in [5.41, 5.74) is 7.31. The quantitative estimate of drug-likeness (QED) is 0.592. The number of piperidine rings is 1. The Morgan fingerprint density at radius 3 is 2.73 bits per heavy atom. The van der Waals surface area contributed by atoms with Crippen molar-refractivity contribution >= 4 is 17.7 Å². The molecule has 2 fully saturated rings. The number of amides is 3. The van der Waals surface area contributed by atoms with Gasteiger partial charge in [0.1, 0.15) is 11.6 Å². The zero-order valence-electron chi connectivity index (χ0n) is 14.4. The molecule has 1 aromatic rings. The summed E-state index contributed by atoms with van der Waals surface area (Å²) in [6, 6.07) is 4.99. The third-order valence-corrected chi connectivity index (χ3v) is 5.49. The average molecular weight is 358 g/mol. The van der Waals surface area contributed by atoms with Crippen LogP contribution in [0, 0.1) is 0 Å². The fourth-order valence-electron chi connectivity index (χ4n) is 4.07. The molecule has 2 saturated heterocycles. The molecule has 26 heavy (non-hydrogen) atoms. The Hall–Kier alpha value is -2.29. The first kappa shape index (κ1) is 17.1. The van der Waals surface area contributed by atoms with Gasteiger partial charge in [-0.2, -0.15) is 0 Å². The van der Waals surface area contributed by atoms with E-state index in [1.165, 1.54) is 0 Å². The highest BCUT2D eigenvalue weighted by molar-refractivity contribution is 6.05. The van der Waals surface area contributed by atoms with Crippen LogP contribution in [0.25, 0.3) is 0 Å². The van der Waals surface area contributed by atoms with Gasteiger partial charge in [-0.1, -0.05) is 12.1 Å². The van der Waals surface area contributed by atoms with Crippen LogP contribution in [-0.4, -0.2) is 63.9 Å². The van der Waals surface area contributed by atoms with Gasteiger partial charge in [0.15, 0.2) is 0 Å². The van der Waals surface area contributed by atoms with Crippen LogP contribution in [-0.2, 0) is 22.7 Å². The van der Waals surface area contributed by atoms with Crippen molar-refractivity contribution in [2.45, 2.75) is 37.6 Å². The standard InChI is InChI=1S/C18H22N4O4/c19-8-18(26)9-21(10-18)6-11-2-1-3-12-13(11)7-22(17(12)25)14-4-5-15(23)20-16(14)24/h1-3,14,26H,4-10,19H2,(H,20,23,24). The Morgan fingerprint density at radius 1 is 1.27 bits per heavy atom. The Balaban J connectivity index is 1.51. The molecule has 1 aromatic carbocycles. The molecule has 4 rings (SSSR count). The van der Waals surface area contributed by atoms with E-state index in [9.17, 15) is 19.5 Å². The first-order valence-corrected chi connectivity index (χ1v) is 8.80. The minimum Gasteiger partial charge on any atom is -0.386 e. The number of fused-ring (bicyclic) bond motifs is 1. The minimum atomic E-state index is -0.813. The number of aliphatic hydroxyl groups is 1. The van der Waals surface area contributed by atoms with Crippen LogP contribution in [0.2, 0.25) is 0 Å². The monoisotopic (exact) mass is 358 g/mol. The molecule has 0 spiro atoms. The number of hydrogen-bond acceptors (Lipinski definition) is 6. The molecule has 8 heteroatoms. The predicted molar refractivity (Wildman–Crippen MR) is 91.8 cm³/mol. The predicted octanol–water partition coefficient (Wildman–Crippen LogP) is -1.05. The van der Waals surface area contributed by atoms with Crippen LogP contribution >= 0.6 is 0 Å². The topological polar surface area (TPSA) is 116 Å². The number of β-amino-alcohol motifs (C(OH)–C–C–N with tert-alkyl or cyclic N) is 1. The van der Waals surface area contributed by atoms with Gasteiger partial charge in [0.2, 0.25) is 11.8 Å². The Labute approximate surface area is 150 Å². The molecule has 0 saturated carbocycles. The third kappa shape index (κ3) is 2.80. The molecule has 0 aliphatic carbocycles. The van der Waals surface area contributed by atoms with Gasteiger partial charge in [-0.25, -0.2) is 0 Å². The number of hydrogen-bond donors (Lipinski definition) is 3. The highest BCUT2D eigenvalue weighted by Gasteiger charge is 2.42. The fourth-order valence-corrected chi connectivity index (χ4v) is 4.07. The summed E-state index contributed by atoms with van der Waals surface area (Å²) in [4.78, 5) is 39.9. The van der Waals surface area contributed by atoms with Gasteiger partial charge in [0.05, 0.1) is 0 Å². The van der Waals surface area contributed by atoms with Gasteiger partial charge >= 0.3 is 0 Å². The van der Waals surface area contributed by atoms with Crippen molar-refractivity contribution in [3.63, 3.8) is 0 Å². The summed E-state index contributed by atoms with van der Waals surface area (Å²) in [5.74, 6) is -0.862. The van der Waals surface area contributed by atoms with Crippen LogP contribution in [0.3, 0.4) is 0 Å². The summed E-state index contributed by atoms with van der Waals surface area (Å²) in [6.07, 6.45) is 0.601. The molecule has 1 unspecified atom stereocenters. The highest BCUT2D eigenvalue weighted by Crippen LogP contribution is 2.31. The van der Waals surface area contributed by atoms with Gasteiger partial charge in [-0.3, -0.25) is 24.6 Å². The zero-order chi connectivity index (χ0) is 18.5. The summed E-state index contributed by atoms with van der Waals surface area (Å²) < 4.78 is 0. The molecule has 1 atom stereocenters. The molecular formula is C18H22N4O4. The maximum Gasteiger partial charge on any atom is 0.255 e. The number of carbonyl (C=O) groups is 3. The molecule has 3 aliphatic heterocycles. The van der Waals surface area contributed by atoms with Crippen molar-refractivity contribution in [3.05, 3.63) is 34.9 Å². The normalized spacial score (nSPS) is 25.1. The molecule has 0 aromatic heterocycles. The highest BCUT2D eigenvalue weighted by atomic mass is 16.3. The molecule has 3 amide bonds. The van der Waals surface area contributed by atoms with Crippen LogP contribution in [0.1, 0.15) is 34.3 Å². The Bertz CT molecular complexity index is 787. The molecule has 8 nitrogen and oxygen atoms in total. The van der Waals surface area contributed by atoms with Gasteiger partial charge in [0, 0.05) is 44.7 Å². The van der Waals surface area contributed by atoms with E-state index in [1.54, 1.807) is 11.0 Å². The van der Waals surface area contributed by atoms with E-state index in [-0.39, 0.29) is 24.8 Å². The van der Waals surface area contributed by atoms with Crippen molar-refractivity contribution in [2.75, 3.05) is 19.6 Å². The maximum absolute atomic E-state index is 12.8. The number of likely N-dealkylation sites (tertiary alicyclic amines) is 1. The second kappa shape index (κ2) is 6.15. The van der Waals surface area contributed by atoms with E-state index in [0.29, 0.717) is 38.2 Å². The number of imide groups is 1. The first-order chi connectivity index (χ1) is 12.4. The molecule has 3 aliphatic rings. The fraction of sp³-hybridized carbons (Fsp3) is 0.500. The van der Waals surface area contributed by atoms with Crippen molar-refractivity contribution in [1.82, 2.24) is 15.1 Å². The number of nitrogens with two attached hydrogens (primary N) is 1. The Morgan fingerprint density at radius 2 is 2.04 bits per heavy atom. The van der Waals surface area contributed by atoms with E-state index in [4.69, 9.17) is 5.73 Å². The number of nitrogens with one attached hydrogen (secondary N) is 1. The lowest BCUT2D eigenvalue weighted by molar-refractivity contribution is -0.136. The summed E-state index contributed by atoms with van der Waals surface area (Å²) in [7, 11) is 0. The zero-order valence-corrected chi connectivity index (χ0v) is 14.4. The lowest BCUT2D eigenvalue weighted by Crippen LogP contribution is -2.64. The van der Waals surface area contributed by atoms with E-state index >= 15 is 0 Å². The maximum atomic E-state index is 12.8. The summed E-state index contributed by atoms with van der Waals surface area (Å²) in [6.45, 7) is 2.25. The van der Waals surface area contributed by atoms with E-state index < -0.39 is 17.6 Å². The van der Waals surface area contributed by atoms with Gasteiger partial charge in [0.25, 0.3) is 5.91 Å². The SMILES string of the molecule is NCC1(O)CN(Cc2cccc3c2CN(C2CCC(=O)NC2=O)C3=O)C1. The summed E-state index contributed by atoms with van der Waals surface area (Å²) in [5, 5.41) is 12.4. The lowest BCUT2D eigenvalue weighted by Gasteiger charge is -2.46. The van der Waals surface area contributed by atoms with Crippen LogP contribution in [0.4, 0.5) is 0 Å². The van der Waals surface area contributed by atoms with Crippen LogP contribution in [0.5, 0.6) is 0 Å². The lowest BCUT2D eigenvalue weighted by atomic mass is 9.93. The molecule has 138 valence electrons. The van der Waals surface area contributed by atoms with Crippen molar-refractivity contribution in [3.8, 4) is 0 Å². The van der Waals surface area contributed by atoms with Gasteiger partial charge in [-0.05, 0) is 23.6 Å². The van der Waals surface area contributed by atoms with Crippen molar-refractivity contribution in [2.24, 2.45) is 5.73 Å². The third-order valence-electron chi connectivity index (χ3n) is 5.49. The van der Waals surface area contributed by atoms with Gasteiger partial charge in [-0.15, -0.1) is 0 Å². The van der Waals surface area contributed by atoms with Crippen LogP contribution in [0.15, 0.2) is 18.2 Å². The largest absolute Gasteiger partial charge is 0.386 e. The second-order valence-corrected chi connectivity index (χ2v) is 7.42. The van der Waals surface area contributed by atoms with Crippen molar-refractivity contribution < 1.29 is 19.5 Å². The van der Waals surface area contributed by atoms with E-state index in [1.807, 2.05) is 12.1 Å². The second-order valence-electron chi connectivity index (χ2n) is 7.42. The minimum absolute atomic E-state index is 0.168. The molecular weight excluding hydrogens is 336 g/mol. The Kier molecular flexibility index (Phi) is 4.06. The first-order valence-electron chi connectivity index (χ1n) is 8.80. The number of benzene rings is 1. The molecule has 3 heterocycles. The van der Waals surface area contributed by atoms with Gasteiger partial charge < -0.3 is 15.7 Å². The number of rotatable bonds is 4.